The molecule has 0 heterocycles. The normalized spacial score (nSPS) is 9.05. The molecule has 1 rings (SSSR count). The Bertz CT molecular complexity index is 459. The average molecular weight is 396 g/mol. The van der Waals surface area contributed by atoms with E-state index in [1.807, 2.05) is 18.2 Å². The van der Waals surface area contributed by atoms with Crippen LogP contribution in [0.25, 0.3) is 0 Å². The van der Waals surface area contributed by atoms with Gasteiger partial charge in [-0.3, -0.25) is 0 Å². The van der Waals surface area contributed by atoms with Gasteiger partial charge in [0, 0.05) is 0 Å². The van der Waals surface area contributed by atoms with Crippen molar-refractivity contribution in [1.29, 1.82) is 5.26 Å². The second-order valence-corrected chi connectivity index (χ2v) is 6.45. The molecule has 0 aliphatic heterocycles. The van der Waals surface area contributed by atoms with E-state index in [0.717, 1.165) is 3.57 Å². The van der Waals surface area contributed by atoms with Crippen LogP contribution in [-0.2, 0) is 28.1 Å². The summed E-state index contributed by atoms with van der Waals surface area (Å²) in [5, 5.41) is 7.41. The van der Waals surface area contributed by atoms with Crippen LogP contribution >= 0.6 is 20.6 Å². The first-order valence-electron chi connectivity index (χ1n) is 4.90. The summed E-state index contributed by atoms with van der Waals surface area (Å²) in [5.74, 6) is -0.851. The molecule has 0 N–H and O–H groups in total. The Kier molecular flexibility index (Phi) is 9.64. The average Bonchev–Trinajstić information content (AvgIpc) is 2.38. The van der Waals surface area contributed by atoms with Gasteiger partial charge in [-0.05, 0) is 0 Å². The molecule has 0 spiro atoms. The van der Waals surface area contributed by atoms with Crippen LogP contribution in [0.4, 0.5) is 0 Å². The van der Waals surface area contributed by atoms with Gasteiger partial charge in [0.1, 0.15) is 0 Å². The van der Waals surface area contributed by atoms with Crippen LogP contribution in [0, 0.1) is 15.0 Å². The number of halogens is 1. The van der Waals surface area contributed by atoms with Crippen LogP contribution in [0.15, 0.2) is 34.7 Å². The second kappa shape index (κ2) is 10.5. The van der Waals surface area contributed by atoms with Crippen LogP contribution in [-0.4, -0.2) is 11.9 Å². The predicted octanol–water partition coefficient (Wildman–Crippen LogP) is 1.98. The molecule has 1 aromatic carbocycles. The number of benzene rings is 1. The molecular formula is C11H13IN2O4S. The molecule has 0 atom stereocenters. The van der Waals surface area contributed by atoms with E-state index in [1.54, 1.807) is 12.1 Å². The zero-order valence-corrected chi connectivity index (χ0v) is 13.4. The topological polar surface area (TPSA) is 88.8 Å². The minimum Gasteiger partial charge on any atom is -0.170 e. The van der Waals surface area contributed by atoms with Crippen molar-refractivity contribution >= 4 is 45.0 Å². The predicted molar refractivity (Wildman–Crippen MR) is 80.9 cm³/mol. The van der Waals surface area contributed by atoms with Crippen LogP contribution in [0.1, 0.15) is 13.8 Å². The third-order valence-corrected chi connectivity index (χ3v) is 5.20. The quantitative estimate of drug-likeness (QED) is 0.576. The van der Waals surface area contributed by atoms with E-state index >= 15 is 0 Å². The van der Waals surface area contributed by atoms with Gasteiger partial charge >= 0.3 is 96.1 Å². The maximum atomic E-state index is 10.8. The minimum atomic E-state index is -2.59. The molecular weight excluding hydrogens is 383 g/mol. The third kappa shape index (κ3) is 9.15. The molecule has 19 heavy (non-hydrogen) atoms. The minimum absolute atomic E-state index is 0.426. The fraction of sp³-hybridized carbons (Fsp3) is 0.182. The van der Waals surface area contributed by atoms with Crippen molar-refractivity contribution in [3.05, 3.63) is 33.9 Å². The van der Waals surface area contributed by atoms with Crippen LogP contribution < -0.4 is 0 Å². The van der Waals surface area contributed by atoms with Crippen molar-refractivity contribution in [2.75, 3.05) is 0 Å². The fourth-order valence-electron chi connectivity index (χ4n) is 0.820. The van der Waals surface area contributed by atoms with Crippen LogP contribution in [0.3, 0.4) is 0 Å². The number of carbonyl (C=O) groups is 2. The Morgan fingerprint density at radius 2 is 1.63 bits per heavy atom. The van der Waals surface area contributed by atoms with Crippen molar-refractivity contribution in [2.45, 2.75) is 13.8 Å². The summed E-state index contributed by atoms with van der Waals surface area (Å²) in [5.41, 5.74) is 0. The summed E-state index contributed by atoms with van der Waals surface area (Å²) in [6.07, 6.45) is 1.47. The van der Waals surface area contributed by atoms with E-state index in [4.69, 9.17) is 11.4 Å². The number of rotatable bonds is 3. The molecule has 0 bridgehead atoms. The van der Waals surface area contributed by atoms with Crippen LogP contribution in [0.2, 0.25) is 0 Å². The van der Waals surface area contributed by atoms with E-state index in [0.29, 0.717) is 0 Å². The Labute approximate surface area is 124 Å². The van der Waals surface area contributed by atoms with E-state index in [2.05, 4.69) is 16.8 Å². The van der Waals surface area contributed by atoms with E-state index in [9.17, 15) is 9.59 Å². The van der Waals surface area contributed by atoms with Gasteiger partial charge in [-0.2, -0.15) is 9.62 Å². The van der Waals surface area contributed by atoms with Crippen molar-refractivity contribution in [2.24, 2.45) is 4.36 Å². The number of nitriles is 1. The largest absolute Gasteiger partial charge is 0.211 e. The van der Waals surface area contributed by atoms with Crippen molar-refractivity contribution in [1.82, 2.24) is 0 Å². The molecule has 8 heteroatoms. The summed E-state index contributed by atoms with van der Waals surface area (Å²) < 4.78 is 13.7. The van der Waals surface area contributed by atoms with Gasteiger partial charge in [0.05, 0.1) is 0 Å². The number of hydrogen-bond donors (Lipinski definition) is 0. The molecule has 0 saturated carbocycles. The zero-order valence-electron chi connectivity index (χ0n) is 10.3. The standard InChI is InChI=1S/C10H11IO4.CH2N2S/c1-8(12)14-11(15-9(2)13)10-6-4-3-5-7-10;2-1-3-4/h3-7H,1-2H3;4H2. The van der Waals surface area contributed by atoms with Crippen LogP contribution in [0.5, 0.6) is 0 Å². The summed E-state index contributed by atoms with van der Waals surface area (Å²) >= 11 is -0.0408. The van der Waals surface area contributed by atoms with Crippen molar-refractivity contribution < 1.29 is 15.7 Å². The molecule has 0 amide bonds. The van der Waals surface area contributed by atoms with Crippen molar-refractivity contribution in [3.8, 4) is 6.19 Å². The molecule has 0 aromatic heterocycles. The Morgan fingerprint density at radius 3 is 1.95 bits per heavy atom. The van der Waals surface area contributed by atoms with E-state index < -0.39 is 32.6 Å². The first kappa shape index (κ1) is 17.5. The summed E-state index contributed by atoms with van der Waals surface area (Å²) in [4.78, 5) is 21.7. The number of hydrogen-bond acceptors (Lipinski definition) is 6. The van der Waals surface area contributed by atoms with E-state index in [-0.39, 0.29) is 0 Å². The summed E-state index contributed by atoms with van der Waals surface area (Å²) in [6, 6.07) is 9.05. The van der Waals surface area contributed by atoms with Crippen molar-refractivity contribution in [3.63, 3.8) is 0 Å². The number of nitrogens with zero attached hydrogens (tertiary/aromatic N) is 2. The monoisotopic (exact) mass is 396 g/mol. The fourth-order valence-corrected chi connectivity index (χ4v) is 3.55. The van der Waals surface area contributed by atoms with Gasteiger partial charge in [-0.25, -0.2) is 0 Å². The van der Waals surface area contributed by atoms with Gasteiger partial charge in [0.2, 0.25) is 6.19 Å². The van der Waals surface area contributed by atoms with Gasteiger partial charge in [0.15, 0.2) is 0 Å². The smallest absolute Gasteiger partial charge is 0.170 e. The molecule has 0 aliphatic rings. The molecule has 0 fully saturated rings. The van der Waals surface area contributed by atoms with Gasteiger partial charge in [-0.1, -0.05) is 0 Å². The molecule has 0 aliphatic carbocycles. The zero-order chi connectivity index (χ0) is 14.7. The summed E-state index contributed by atoms with van der Waals surface area (Å²) in [6.45, 7) is 2.60. The first-order chi connectivity index (χ1) is 9.01. The maximum absolute atomic E-state index is 10.8. The Balaban J connectivity index is 0.000000711. The Hall–Kier alpha value is -1.47. The van der Waals surface area contributed by atoms with E-state index in [1.165, 1.54) is 20.0 Å². The molecule has 6 nitrogen and oxygen atoms in total. The molecule has 0 unspecified atom stereocenters. The molecule has 0 saturated heterocycles. The molecule has 1 aromatic rings. The maximum Gasteiger partial charge on any atom is 0.211 e. The molecule has 104 valence electrons. The third-order valence-electron chi connectivity index (χ3n) is 1.32. The van der Waals surface area contributed by atoms with Gasteiger partial charge < -0.3 is 0 Å². The Morgan fingerprint density at radius 1 is 1.21 bits per heavy atom. The number of carbonyl (C=O) groups excluding carboxylic acids is 2. The summed E-state index contributed by atoms with van der Waals surface area (Å²) in [7, 11) is 0. The SMILES string of the molecule is CC(=O)OI(OC(C)=O)c1ccccc1.N#CN=[SH2]. The second-order valence-electron chi connectivity index (χ2n) is 2.86. The van der Waals surface area contributed by atoms with Gasteiger partial charge in [-0.15, -0.1) is 12.4 Å². The van der Waals surface area contributed by atoms with Gasteiger partial charge in [0.25, 0.3) is 0 Å². The first-order valence-corrected chi connectivity index (χ1v) is 8.18. The molecule has 0 radical (unpaired) electrons.